The Morgan fingerprint density at radius 1 is 1.12 bits per heavy atom. The number of benzene rings is 1. The number of likely N-dealkylation sites (N-methyl/N-ethyl adjacent to an activating group) is 1. The Morgan fingerprint density at radius 3 is 2.60 bits per heavy atom. The number of rotatable bonds is 8. The van der Waals surface area contributed by atoms with Crippen LogP contribution in [0.3, 0.4) is 0 Å². The molecule has 4 atom stereocenters. The predicted molar refractivity (Wildman–Crippen MR) is 164 cm³/mol. The average molecular weight is 614 g/mol. The molecular weight excluding hydrogens is 574 g/mol. The van der Waals surface area contributed by atoms with E-state index >= 15 is 0 Å². The molecule has 6 rings (SSSR count). The van der Waals surface area contributed by atoms with Crippen LogP contribution in [0, 0.1) is 0 Å². The zero-order valence-corrected chi connectivity index (χ0v) is 25.4. The van der Waals surface area contributed by atoms with Crippen molar-refractivity contribution in [3.05, 3.63) is 41.6 Å². The van der Waals surface area contributed by atoms with E-state index in [1.54, 1.807) is 6.92 Å². The number of aliphatic hydroxyl groups excluding tert-OH is 1. The van der Waals surface area contributed by atoms with Crippen molar-refractivity contribution in [2.75, 3.05) is 75.1 Å². The molecule has 0 spiro atoms. The van der Waals surface area contributed by atoms with Gasteiger partial charge in [0, 0.05) is 56.6 Å². The van der Waals surface area contributed by atoms with Crippen molar-refractivity contribution in [2.45, 2.75) is 50.2 Å². The summed E-state index contributed by atoms with van der Waals surface area (Å²) in [6.07, 6.45) is 1.68. The lowest BCUT2D eigenvalue weighted by Crippen LogP contribution is -2.52. The second-order valence-electron chi connectivity index (χ2n) is 11.8. The number of halogens is 1. The number of aromatic nitrogens is 2. The number of hydrogen-bond acceptors (Lipinski definition) is 11. The lowest BCUT2D eigenvalue weighted by atomic mass is 10.0. The second kappa shape index (κ2) is 12.9. The Labute approximate surface area is 256 Å². The summed E-state index contributed by atoms with van der Waals surface area (Å²) in [7, 11) is 2.18. The molecule has 0 radical (unpaired) electrons. The van der Waals surface area contributed by atoms with Gasteiger partial charge in [-0.05, 0) is 45.0 Å². The Hall–Kier alpha value is -3.00. The van der Waals surface area contributed by atoms with Crippen LogP contribution in [0.1, 0.15) is 19.8 Å². The van der Waals surface area contributed by atoms with Crippen molar-refractivity contribution in [3.63, 3.8) is 0 Å². The van der Waals surface area contributed by atoms with E-state index in [0.717, 1.165) is 57.8 Å². The lowest BCUT2D eigenvalue weighted by Gasteiger charge is -2.43. The first-order valence-corrected chi connectivity index (χ1v) is 15.3. The molecule has 1 aromatic carbocycles. The number of nitrogens with zero attached hydrogens (tertiary/aromatic N) is 5. The number of hydrogen-bond donors (Lipinski definition) is 3. The number of piperazine rings is 1. The van der Waals surface area contributed by atoms with Gasteiger partial charge in [0.05, 0.1) is 30.8 Å². The first kappa shape index (κ1) is 30.0. The minimum Gasteiger partial charge on any atom is -0.468 e. The van der Waals surface area contributed by atoms with E-state index in [2.05, 4.69) is 48.9 Å². The lowest BCUT2D eigenvalue weighted by molar-refractivity contribution is -0.112. The number of piperidine rings is 1. The molecule has 5 heterocycles. The summed E-state index contributed by atoms with van der Waals surface area (Å²) in [6, 6.07) is 6.42. The standard InChI is InChI=1S/C30H40ClN7O5/c1-18(2)28(40)34-22-14-19(4-5-23(22)38-8-6-20(7-9-38)37-12-10-36(3)11-13-37)33-30-32-15-21(31)29(35-30)43-25-17-42-26-24(39)16-41-27(25)26/h4-5,14-15,20,24-27,39H,1,6-13,16-17H2,2-3H3,(H,34,40)(H,32,33,35)/t24-,25-,26-,27-/m1/s1. The summed E-state index contributed by atoms with van der Waals surface area (Å²) >= 11 is 6.36. The highest BCUT2D eigenvalue weighted by Gasteiger charge is 2.48. The van der Waals surface area contributed by atoms with Crippen LogP contribution in [0.25, 0.3) is 0 Å². The maximum Gasteiger partial charge on any atom is 0.250 e. The Morgan fingerprint density at radius 2 is 1.86 bits per heavy atom. The summed E-state index contributed by atoms with van der Waals surface area (Å²) in [6.45, 7) is 12.3. The average Bonchev–Trinajstić information content (AvgIpc) is 3.58. The molecule has 4 fully saturated rings. The monoisotopic (exact) mass is 613 g/mol. The Kier molecular flexibility index (Phi) is 9.03. The summed E-state index contributed by atoms with van der Waals surface area (Å²) in [5, 5.41) is 16.5. The van der Waals surface area contributed by atoms with E-state index in [0.29, 0.717) is 23.0 Å². The van der Waals surface area contributed by atoms with Crippen molar-refractivity contribution >= 4 is 40.5 Å². The number of fused-ring (bicyclic) bond motifs is 1. The van der Waals surface area contributed by atoms with E-state index in [1.165, 1.54) is 6.20 Å². The fourth-order valence-corrected chi connectivity index (χ4v) is 6.33. The maximum absolute atomic E-state index is 12.7. The fraction of sp³-hybridized carbons (Fsp3) is 0.567. The number of aliphatic hydroxyl groups is 1. The van der Waals surface area contributed by atoms with Crippen LogP contribution in [0.5, 0.6) is 5.88 Å². The molecule has 0 aliphatic carbocycles. The third-order valence-electron chi connectivity index (χ3n) is 8.70. The summed E-state index contributed by atoms with van der Waals surface area (Å²) in [5.41, 5.74) is 2.77. The van der Waals surface area contributed by atoms with E-state index in [-0.39, 0.29) is 36.0 Å². The molecule has 2 aromatic rings. The van der Waals surface area contributed by atoms with Gasteiger partial charge in [0.25, 0.3) is 5.91 Å². The van der Waals surface area contributed by atoms with Crippen LogP contribution in [0.15, 0.2) is 36.5 Å². The largest absolute Gasteiger partial charge is 0.468 e. The number of carbonyl (C=O) groups is 1. The molecule has 4 aliphatic heterocycles. The Balaban J connectivity index is 1.15. The molecule has 3 N–H and O–H groups in total. The number of carbonyl (C=O) groups excluding carboxylic acids is 1. The molecule has 1 amide bonds. The van der Waals surface area contributed by atoms with Crippen molar-refractivity contribution in [2.24, 2.45) is 0 Å². The maximum atomic E-state index is 12.7. The Bertz CT molecular complexity index is 1330. The summed E-state index contributed by atoms with van der Waals surface area (Å²) in [5.74, 6) is 0.231. The van der Waals surface area contributed by atoms with Gasteiger partial charge in [0.15, 0.2) is 6.10 Å². The summed E-state index contributed by atoms with van der Waals surface area (Å²) in [4.78, 5) is 28.9. The van der Waals surface area contributed by atoms with E-state index in [9.17, 15) is 9.90 Å². The van der Waals surface area contributed by atoms with Crippen molar-refractivity contribution in [1.29, 1.82) is 0 Å². The predicted octanol–water partition coefficient (Wildman–Crippen LogP) is 2.51. The topological polar surface area (TPSA) is 125 Å². The number of amides is 1. The third kappa shape index (κ3) is 6.74. The zero-order chi connectivity index (χ0) is 30.1. The molecule has 0 saturated carbocycles. The van der Waals surface area contributed by atoms with Gasteiger partial charge in [-0.1, -0.05) is 18.2 Å². The SMILES string of the molecule is C=C(C)C(=O)Nc1cc(Nc2ncc(Cl)c(O[C@@H]3CO[C@H]4[C@@H]3OC[C@H]4O)n2)ccc1N1CCC(N2CCN(C)CC2)CC1. The van der Waals surface area contributed by atoms with Crippen LogP contribution >= 0.6 is 11.6 Å². The summed E-state index contributed by atoms with van der Waals surface area (Å²) < 4.78 is 17.3. The number of anilines is 4. The van der Waals surface area contributed by atoms with Gasteiger partial charge in [0.2, 0.25) is 11.8 Å². The van der Waals surface area contributed by atoms with E-state index < -0.39 is 24.4 Å². The molecule has 4 saturated heterocycles. The highest BCUT2D eigenvalue weighted by molar-refractivity contribution is 6.31. The van der Waals surface area contributed by atoms with Crippen molar-refractivity contribution in [1.82, 2.24) is 19.8 Å². The van der Waals surface area contributed by atoms with Gasteiger partial charge in [-0.25, -0.2) is 4.98 Å². The van der Waals surface area contributed by atoms with Gasteiger partial charge < -0.3 is 39.8 Å². The van der Waals surface area contributed by atoms with Gasteiger partial charge in [-0.15, -0.1) is 0 Å². The quantitative estimate of drug-likeness (QED) is 0.380. The number of nitrogens with one attached hydrogen (secondary N) is 2. The molecule has 0 bridgehead atoms. The molecule has 13 heteroatoms. The first-order chi connectivity index (χ1) is 20.7. The van der Waals surface area contributed by atoms with Crippen LogP contribution in [0.4, 0.5) is 23.0 Å². The molecule has 0 unspecified atom stereocenters. The molecular formula is C30H40ClN7O5. The molecule has 43 heavy (non-hydrogen) atoms. The molecule has 4 aliphatic rings. The highest BCUT2D eigenvalue weighted by atomic mass is 35.5. The molecule has 1 aromatic heterocycles. The normalized spacial score (nSPS) is 26.7. The van der Waals surface area contributed by atoms with Crippen LogP contribution in [-0.2, 0) is 14.3 Å². The van der Waals surface area contributed by atoms with Gasteiger partial charge in [-0.3, -0.25) is 9.69 Å². The van der Waals surface area contributed by atoms with Crippen LogP contribution in [-0.4, -0.2) is 121 Å². The fourth-order valence-electron chi connectivity index (χ4n) is 6.19. The van der Waals surface area contributed by atoms with Crippen molar-refractivity contribution < 1.29 is 24.1 Å². The highest BCUT2D eigenvalue weighted by Crippen LogP contribution is 2.35. The van der Waals surface area contributed by atoms with Gasteiger partial charge in [0.1, 0.15) is 23.3 Å². The van der Waals surface area contributed by atoms with Crippen molar-refractivity contribution in [3.8, 4) is 5.88 Å². The first-order valence-electron chi connectivity index (χ1n) is 14.9. The second-order valence-corrected chi connectivity index (χ2v) is 12.2. The number of ether oxygens (including phenoxy) is 3. The molecule has 12 nitrogen and oxygen atoms in total. The van der Waals surface area contributed by atoms with Crippen LogP contribution in [0.2, 0.25) is 5.02 Å². The third-order valence-corrected chi connectivity index (χ3v) is 8.96. The minimum absolute atomic E-state index is 0.189. The van der Waals surface area contributed by atoms with E-state index in [1.807, 2.05) is 18.2 Å². The van der Waals surface area contributed by atoms with Gasteiger partial charge in [-0.2, -0.15) is 4.98 Å². The van der Waals surface area contributed by atoms with E-state index in [4.69, 9.17) is 25.8 Å². The minimum atomic E-state index is -0.678. The van der Waals surface area contributed by atoms with Gasteiger partial charge >= 0.3 is 0 Å². The zero-order valence-electron chi connectivity index (χ0n) is 24.7. The van der Waals surface area contributed by atoms with Crippen LogP contribution < -0.4 is 20.3 Å². The smallest absolute Gasteiger partial charge is 0.250 e. The molecule has 232 valence electrons.